The van der Waals surface area contributed by atoms with E-state index in [1.807, 2.05) is 6.07 Å². The molecule has 6 rings (SSSR count). The molecular weight excluding hydrogens is 550 g/mol. The quantitative estimate of drug-likeness (QED) is 0.274. The van der Waals surface area contributed by atoms with Gasteiger partial charge >= 0.3 is 5.97 Å². The molecule has 3 atom stereocenters. The summed E-state index contributed by atoms with van der Waals surface area (Å²) in [6.45, 7) is 5.95. The SMILES string of the molecule is C[C@H]1CC(COc2ccnc(COc3ccc(C#N)cn3)n2)CCN1Cc1nc2ccc(C(=O)O)cc2n1C[C@@H]1CCO1. The molecule has 4 aromatic rings. The van der Waals surface area contributed by atoms with Crippen molar-refractivity contribution in [3.63, 3.8) is 0 Å². The number of carboxylic acid groups (broad SMARTS) is 1. The van der Waals surface area contributed by atoms with Crippen molar-refractivity contribution < 1.29 is 24.1 Å². The lowest BCUT2D eigenvalue weighted by Gasteiger charge is -2.37. The fourth-order valence-electron chi connectivity index (χ4n) is 5.55. The van der Waals surface area contributed by atoms with Crippen LogP contribution in [0, 0.1) is 17.2 Å². The maximum absolute atomic E-state index is 11.6. The van der Waals surface area contributed by atoms with Gasteiger partial charge in [0.15, 0.2) is 5.82 Å². The minimum atomic E-state index is -0.944. The third kappa shape index (κ3) is 6.74. The van der Waals surface area contributed by atoms with Gasteiger partial charge in [-0.3, -0.25) is 4.90 Å². The maximum Gasteiger partial charge on any atom is 0.335 e. The number of benzene rings is 1. The second-order valence-corrected chi connectivity index (χ2v) is 11.0. The second-order valence-electron chi connectivity index (χ2n) is 11.0. The van der Waals surface area contributed by atoms with Gasteiger partial charge in [-0.25, -0.2) is 19.7 Å². The molecule has 0 saturated carbocycles. The van der Waals surface area contributed by atoms with E-state index >= 15 is 0 Å². The minimum absolute atomic E-state index is 0.131. The van der Waals surface area contributed by atoms with E-state index in [0.29, 0.717) is 54.8 Å². The van der Waals surface area contributed by atoms with E-state index in [1.165, 1.54) is 6.20 Å². The summed E-state index contributed by atoms with van der Waals surface area (Å²) in [6.07, 6.45) is 6.18. The van der Waals surface area contributed by atoms with E-state index < -0.39 is 5.97 Å². The van der Waals surface area contributed by atoms with Gasteiger partial charge in [0.05, 0.1) is 48.0 Å². The largest absolute Gasteiger partial charge is 0.478 e. The zero-order chi connectivity index (χ0) is 29.8. The molecule has 0 aliphatic carbocycles. The van der Waals surface area contributed by atoms with Crippen LogP contribution in [0.3, 0.4) is 0 Å². The summed E-state index contributed by atoms with van der Waals surface area (Å²) in [5.41, 5.74) is 2.37. The van der Waals surface area contributed by atoms with Gasteiger partial charge in [-0.1, -0.05) is 0 Å². The first kappa shape index (κ1) is 28.5. The Morgan fingerprint density at radius 1 is 1.14 bits per heavy atom. The van der Waals surface area contributed by atoms with Gasteiger partial charge in [-0.2, -0.15) is 10.2 Å². The number of carbonyl (C=O) groups is 1. The molecule has 0 bridgehead atoms. The molecule has 1 unspecified atom stereocenters. The summed E-state index contributed by atoms with van der Waals surface area (Å²) in [5, 5.41) is 18.4. The third-order valence-corrected chi connectivity index (χ3v) is 8.08. The summed E-state index contributed by atoms with van der Waals surface area (Å²) in [4.78, 5) is 31.8. The van der Waals surface area contributed by atoms with Crippen molar-refractivity contribution >= 4 is 17.0 Å². The minimum Gasteiger partial charge on any atom is -0.478 e. The molecule has 12 heteroatoms. The lowest BCUT2D eigenvalue weighted by Crippen LogP contribution is -2.42. The van der Waals surface area contributed by atoms with Crippen molar-refractivity contribution in [1.82, 2.24) is 29.4 Å². The van der Waals surface area contributed by atoms with Gasteiger partial charge in [0.1, 0.15) is 18.5 Å². The predicted molar refractivity (Wildman–Crippen MR) is 154 cm³/mol. The van der Waals surface area contributed by atoms with E-state index in [9.17, 15) is 9.90 Å². The Kier molecular flexibility index (Phi) is 8.44. The number of carboxylic acids is 1. The van der Waals surface area contributed by atoms with Crippen LogP contribution >= 0.6 is 0 Å². The van der Waals surface area contributed by atoms with Crippen LogP contribution in [0.5, 0.6) is 11.8 Å². The summed E-state index contributed by atoms with van der Waals surface area (Å²) in [5.74, 6) is 1.75. The highest BCUT2D eigenvalue weighted by Gasteiger charge is 2.29. The van der Waals surface area contributed by atoms with Crippen LogP contribution in [0.25, 0.3) is 11.0 Å². The van der Waals surface area contributed by atoms with Crippen LogP contribution in [0.15, 0.2) is 48.8 Å². The Hall–Kier alpha value is -4.60. The first-order chi connectivity index (χ1) is 20.9. The van der Waals surface area contributed by atoms with E-state index in [-0.39, 0.29) is 18.3 Å². The summed E-state index contributed by atoms with van der Waals surface area (Å²) < 4.78 is 19.6. The molecule has 2 saturated heterocycles. The maximum atomic E-state index is 11.6. The normalized spacial score (nSPS) is 20.3. The average Bonchev–Trinajstić information content (AvgIpc) is 3.34. The highest BCUT2D eigenvalue weighted by molar-refractivity contribution is 5.92. The molecule has 2 aliphatic rings. The Labute approximate surface area is 248 Å². The van der Waals surface area contributed by atoms with Crippen LogP contribution in [-0.4, -0.2) is 72.4 Å². The molecule has 0 amide bonds. The fraction of sp³-hybridized carbons (Fsp3) is 0.419. The van der Waals surface area contributed by atoms with E-state index in [0.717, 1.165) is 49.3 Å². The molecule has 43 heavy (non-hydrogen) atoms. The van der Waals surface area contributed by atoms with Gasteiger partial charge in [0.2, 0.25) is 11.8 Å². The van der Waals surface area contributed by atoms with Gasteiger partial charge in [-0.05, 0) is 62.9 Å². The van der Waals surface area contributed by atoms with Gasteiger partial charge in [0, 0.05) is 37.2 Å². The number of aromatic carboxylic acids is 1. The molecule has 12 nitrogen and oxygen atoms in total. The van der Waals surface area contributed by atoms with Crippen molar-refractivity contribution in [3.8, 4) is 17.8 Å². The average molecular weight is 584 g/mol. The smallest absolute Gasteiger partial charge is 0.335 e. The van der Waals surface area contributed by atoms with Crippen molar-refractivity contribution in [3.05, 3.63) is 71.6 Å². The van der Waals surface area contributed by atoms with Crippen molar-refractivity contribution in [2.24, 2.45) is 5.92 Å². The molecule has 1 aromatic carbocycles. The molecule has 2 fully saturated rings. The molecular formula is C31H33N7O5. The molecule has 222 valence electrons. The Bertz CT molecular complexity index is 1630. The number of ether oxygens (including phenoxy) is 3. The number of rotatable bonds is 11. The van der Waals surface area contributed by atoms with Crippen LogP contribution in [-0.2, 0) is 24.4 Å². The monoisotopic (exact) mass is 583 g/mol. The van der Waals surface area contributed by atoms with Crippen LogP contribution in [0.2, 0.25) is 0 Å². The number of nitrogens with zero attached hydrogens (tertiary/aromatic N) is 7. The van der Waals surface area contributed by atoms with Gasteiger partial charge < -0.3 is 23.9 Å². The third-order valence-electron chi connectivity index (χ3n) is 8.08. The van der Waals surface area contributed by atoms with Crippen molar-refractivity contribution in [2.45, 2.75) is 58.0 Å². The van der Waals surface area contributed by atoms with Crippen LogP contribution < -0.4 is 9.47 Å². The number of fused-ring (bicyclic) bond motifs is 1. The molecule has 3 aromatic heterocycles. The summed E-state index contributed by atoms with van der Waals surface area (Å²) in [6, 6.07) is 12.5. The van der Waals surface area contributed by atoms with Gasteiger partial charge in [-0.15, -0.1) is 0 Å². The number of likely N-dealkylation sites (tertiary alicyclic amines) is 1. The molecule has 0 radical (unpaired) electrons. The number of hydrogen-bond donors (Lipinski definition) is 1. The predicted octanol–water partition coefficient (Wildman–Crippen LogP) is 3.84. The standard InChI is InChI=1S/C31H33N7O5/c1-20-12-21(18-42-30-6-9-33-27(36-30)19-43-29-5-2-22(14-32)15-34-29)7-10-37(20)17-28-35-25-4-3-23(31(39)40)13-26(25)38(28)16-24-8-11-41-24/h2-6,9,13,15,20-21,24H,7-8,10-12,16-19H2,1H3,(H,39,40)/t20-,21?,24-/m0/s1. The lowest BCUT2D eigenvalue weighted by molar-refractivity contribution is -0.0593. The molecule has 5 heterocycles. The molecule has 0 spiro atoms. The van der Waals surface area contributed by atoms with Gasteiger partial charge in [0.25, 0.3) is 0 Å². The molecule has 2 aliphatic heterocycles. The van der Waals surface area contributed by atoms with Crippen LogP contribution in [0.4, 0.5) is 0 Å². The first-order valence-corrected chi connectivity index (χ1v) is 14.5. The Balaban J connectivity index is 1.04. The number of aromatic nitrogens is 5. The van der Waals surface area contributed by atoms with Crippen molar-refractivity contribution in [1.29, 1.82) is 5.26 Å². The highest BCUT2D eigenvalue weighted by Crippen LogP contribution is 2.28. The number of piperidine rings is 1. The zero-order valence-electron chi connectivity index (χ0n) is 23.9. The number of imidazole rings is 1. The Morgan fingerprint density at radius 3 is 2.74 bits per heavy atom. The number of hydrogen-bond acceptors (Lipinski definition) is 10. The van der Waals surface area contributed by atoms with Crippen molar-refractivity contribution in [2.75, 3.05) is 19.8 Å². The zero-order valence-corrected chi connectivity index (χ0v) is 23.9. The lowest BCUT2D eigenvalue weighted by atomic mass is 9.92. The second kappa shape index (κ2) is 12.7. The fourth-order valence-corrected chi connectivity index (χ4v) is 5.55. The summed E-state index contributed by atoms with van der Waals surface area (Å²) in [7, 11) is 0. The van der Waals surface area contributed by atoms with E-state index in [4.69, 9.17) is 24.5 Å². The molecule has 1 N–H and O–H groups in total. The number of nitriles is 1. The van der Waals surface area contributed by atoms with E-state index in [1.54, 1.807) is 42.6 Å². The first-order valence-electron chi connectivity index (χ1n) is 14.5. The van der Waals surface area contributed by atoms with E-state index in [2.05, 4.69) is 31.3 Å². The summed E-state index contributed by atoms with van der Waals surface area (Å²) >= 11 is 0. The Morgan fingerprint density at radius 2 is 2.02 bits per heavy atom. The highest BCUT2D eigenvalue weighted by atomic mass is 16.5. The topological polar surface area (TPSA) is 149 Å². The van der Waals surface area contributed by atoms with Crippen LogP contribution in [0.1, 0.15) is 53.8 Å². The number of pyridine rings is 1.